The number of rotatable bonds is 3. The summed E-state index contributed by atoms with van der Waals surface area (Å²) in [6.07, 6.45) is 3.78. The Kier molecular flexibility index (Phi) is 2.22. The third-order valence-corrected chi connectivity index (χ3v) is 3.42. The maximum absolute atomic E-state index is 10.9. The fourth-order valence-corrected chi connectivity index (χ4v) is 2.27. The summed E-state index contributed by atoms with van der Waals surface area (Å²) in [6, 6.07) is 0. The predicted octanol–water partition coefficient (Wildman–Crippen LogP) is 1.61. The quantitative estimate of drug-likeness (QED) is 0.895. The highest BCUT2D eigenvalue weighted by molar-refractivity contribution is 7.08. The van der Waals surface area contributed by atoms with Crippen molar-refractivity contribution in [1.82, 2.24) is 19.1 Å². The number of carboxylic acids is 1. The van der Waals surface area contributed by atoms with Gasteiger partial charge in [-0.15, -0.1) is 0 Å². The van der Waals surface area contributed by atoms with Crippen LogP contribution in [0.1, 0.15) is 40.6 Å². The van der Waals surface area contributed by atoms with Crippen LogP contribution in [0.5, 0.6) is 0 Å². The molecule has 2 aromatic heterocycles. The average Bonchev–Trinajstić information content (AvgIpc) is 2.88. The maximum Gasteiger partial charge on any atom is 0.339 e. The van der Waals surface area contributed by atoms with Gasteiger partial charge >= 0.3 is 5.97 Å². The summed E-state index contributed by atoms with van der Waals surface area (Å²) in [5.41, 5.74) is 0.689. The van der Waals surface area contributed by atoms with Gasteiger partial charge in [0.05, 0.1) is 5.69 Å². The van der Waals surface area contributed by atoms with Crippen LogP contribution in [-0.2, 0) is 0 Å². The molecule has 0 atom stereocenters. The molecule has 0 aliphatic heterocycles. The van der Waals surface area contributed by atoms with Gasteiger partial charge in [0, 0.05) is 23.6 Å². The van der Waals surface area contributed by atoms with Gasteiger partial charge in [-0.25, -0.2) is 14.5 Å². The molecule has 1 saturated carbocycles. The molecule has 1 fully saturated rings. The lowest BCUT2D eigenvalue weighted by molar-refractivity contribution is 0.0696. The fraction of sp³-hybridized carbons (Fsp3) is 0.400. The lowest BCUT2D eigenvalue weighted by atomic mass is 10.3. The van der Waals surface area contributed by atoms with Gasteiger partial charge in [0.1, 0.15) is 11.4 Å². The molecule has 0 unspecified atom stereocenters. The summed E-state index contributed by atoms with van der Waals surface area (Å²) < 4.78 is 5.75. The zero-order valence-corrected chi connectivity index (χ0v) is 9.94. The Morgan fingerprint density at radius 1 is 1.59 bits per heavy atom. The average molecular weight is 250 g/mol. The van der Waals surface area contributed by atoms with Crippen LogP contribution in [0.25, 0.3) is 5.13 Å². The van der Waals surface area contributed by atoms with E-state index in [2.05, 4.69) is 14.5 Å². The molecule has 0 spiro atoms. The lowest BCUT2D eigenvalue weighted by Gasteiger charge is -1.91. The molecule has 88 valence electrons. The molecule has 2 heterocycles. The van der Waals surface area contributed by atoms with E-state index in [9.17, 15) is 4.79 Å². The SMILES string of the molecule is Cc1nn(-c2nc(C3CC3)ns2)cc1C(=O)O. The van der Waals surface area contributed by atoms with Gasteiger partial charge in [0.15, 0.2) is 0 Å². The summed E-state index contributed by atoms with van der Waals surface area (Å²) in [4.78, 5) is 15.3. The van der Waals surface area contributed by atoms with Crippen LogP contribution >= 0.6 is 11.5 Å². The lowest BCUT2D eigenvalue weighted by Crippen LogP contribution is -1.96. The number of aromatic carboxylic acids is 1. The Labute approximate surface area is 101 Å². The van der Waals surface area contributed by atoms with Crippen LogP contribution < -0.4 is 0 Å². The minimum absolute atomic E-state index is 0.202. The molecule has 17 heavy (non-hydrogen) atoms. The van der Waals surface area contributed by atoms with Crippen molar-refractivity contribution in [1.29, 1.82) is 0 Å². The molecule has 0 bridgehead atoms. The Hall–Kier alpha value is -1.76. The fourth-order valence-electron chi connectivity index (χ4n) is 1.59. The van der Waals surface area contributed by atoms with E-state index in [1.165, 1.54) is 22.4 Å². The van der Waals surface area contributed by atoms with E-state index in [-0.39, 0.29) is 5.56 Å². The number of nitrogens with zero attached hydrogens (tertiary/aromatic N) is 4. The molecule has 1 N–H and O–H groups in total. The van der Waals surface area contributed by atoms with Gasteiger partial charge in [-0.1, -0.05) is 0 Å². The van der Waals surface area contributed by atoms with Crippen LogP contribution in [-0.4, -0.2) is 30.2 Å². The Balaban J connectivity index is 1.96. The standard InChI is InChI=1S/C10H10N4O2S/c1-5-7(9(15)16)4-14(12-5)10-11-8(13-17-10)6-2-3-6/h4,6H,2-3H2,1H3,(H,15,16). The topological polar surface area (TPSA) is 80.9 Å². The van der Waals surface area contributed by atoms with Crippen LogP contribution in [0.4, 0.5) is 0 Å². The molecular formula is C10H10N4O2S. The predicted molar refractivity (Wildman–Crippen MR) is 60.7 cm³/mol. The van der Waals surface area contributed by atoms with Crippen molar-refractivity contribution in [2.45, 2.75) is 25.7 Å². The first-order chi connectivity index (χ1) is 8.15. The normalized spacial score (nSPS) is 15.1. The van der Waals surface area contributed by atoms with Crippen molar-refractivity contribution in [3.8, 4) is 5.13 Å². The molecule has 7 heteroatoms. The third kappa shape index (κ3) is 1.82. The van der Waals surface area contributed by atoms with E-state index < -0.39 is 5.97 Å². The van der Waals surface area contributed by atoms with Gasteiger partial charge in [-0.2, -0.15) is 9.47 Å². The van der Waals surface area contributed by atoms with Gasteiger partial charge in [0.2, 0.25) is 5.13 Å². The first kappa shape index (κ1) is 10.4. The molecule has 0 aromatic carbocycles. The number of aryl methyl sites for hydroxylation is 1. The zero-order chi connectivity index (χ0) is 12.0. The number of hydrogen-bond donors (Lipinski definition) is 1. The van der Waals surface area contributed by atoms with Gasteiger partial charge in [-0.05, 0) is 19.8 Å². The molecule has 2 aromatic rings. The Morgan fingerprint density at radius 2 is 2.35 bits per heavy atom. The molecule has 0 amide bonds. The molecule has 1 aliphatic carbocycles. The first-order valence-corrected chi connectivity index (χ1v) is 6.06. The van der Waals surface area contributed by atoms with E-state index in [0.29, 0.717) is 16.7 Å². The van der Waals surface area contributed by atoms with Gasteiger partial charge in [-0.3, -0.25) is 0 Å². The second-order valence-electron chi connectivity index (χ2n) is 4.09. The van der Waals surface area contributed by atoms with Gasteiger partial charge < -0.3 is 5.11 Å². The van der Waals surface area contributed by atoms with Crippen molar-refractivity contribution in [3.63, 3.8) is 0 Å². The summed E-state index contributed by atoms with van der Waals surface area (Å²) in [5.74, 6) is 0.381. The van der Waals surface area contributed by atoms with E-state index in [1.54, 1.807) is 6.92 Å². The number of hydrogen-bond acceptors (Lipinski definition) is 5. The monoisotopic (exact) mass is 250 g/mol. The van der Waals surface area contributed by atoms with E-state index in [0.717, 1.165) is 18.7 Å². The van der Waals surface area contributed by atoms with E-state index in [1.807, 2.05) is 0 Å². The minimum atomic E-state index is -0.972. The van der Waals surface area contributed by atoms with Crippen LogP contribution in [0.3, 0.4) is 0 Å². The van der Waals surface area contributed by atoms with Crippen molar-refractivity contribution >= 4 is 17.5 Å². The number of aromatic nitrogens is 4. The van der Waals surface area contributed by atoms with E-state index in [4.69, 9.17) is 5.11 Å². The molecule has 6 nitrogen and oxygen atoms in total. The van der Waals surface area contributed by atoms with Crippen molar-refractivity contribution in [2.75, 3.05) is 0 Å². The van der Waals surface area contributed by atoms with Crippen molar-refractivity contribution in [2.24, 2.45) is 0 Å². The van der Waals surface area contributed by atoms with Crippen LogP contribution in [0.15, 0.2) is 6.20 Å². The highest BCUT2D eigenvalue weighted by Gasteiger charge is 2.28. The first-order valence-electron chi connectivity index (χ1n) is 5.28. The second kappa shape index (κ2) is 3.63. The molecule has 1 aliphatic rings. The number of carbonyl (C=O) groups is 1. The smallest absolute Gasteiger partial charge is 0.339 e. The Morgan fingerprint density at radius 3 is 2.94 bits per heavy atom. The summed E-state index contributed by atoms with van der Waals surface area (Å²) in [7, 11) is 0. The molecular weight excluding hydrogens is 240 g/mol. The summed E-state index contributed by atoms with van der Waals surface area (Å²) in [6.45, 7) is 1.67. The zero-order valence-electron chi connectivity index (χ0n) is 9.12. The maximum atomic E-state index is 10.9. The number of carboxylic acid groups (broad SMARTS) is 1. The minimum Gasteiger partial charge on any atom is -0.478 e. The molecule has 0 radical (unpaired) electrons. The van der Waals surface area contributed by atoms with Gasteiger partial charge in [0.25, 0.3) is 0 Å². The van der Waals surface area contributed by atoms with Crippen LogP contribution in [0.2, 0.25) is 0 Å². The molecule has 0 saturated heterocycles. The highest BCUT2D eigenvalue weighted by atomic mass is 32.1. The van der Waals surface area contributed by atoms with Crippen molar-refractivity contribution < 1.29 is 9.90 Å². The van der Waals surface area contributed by atoms with E-state index >= 15 is 0 Å². The summed E-state index contributed by atoms with van der Waals surface area (Å²) in [5, 5.41) is 13.7. The Bertz CT molecular complexity index is 585. The third-order valence-electron chi connectivity index (χ3n) is 2.70. The van der Waals surface area contributed by atoms with Crippen LogP contribution in [0, 0.1) is 6.92 Å². The highest BCUT2D eigenvalue weighted by Crippen LogP contribution is 2.39. The van der Waals surface area contributed by atoms with Crippen molar-refractivity contribution in [3.05, 3.63) is 23.3 Å². The second-order valence-corrected chi connectivity index (χ2v) is 4.82. The molecule has 3 rings (SSSR count). The largest absolute Gasteiger partial charge is 0.478 e. The summed E-state index contributed by atoms with van der Waals surface area (Å²) >= 11 is 1.25.